The molecule has 0 aromatic carbocycles. The van der Waals surface area contributed by atoms with E-state index in [1.165, 1.54) is 10.9 Å². The Hall–Kier alpha value is 0.719. The summed E-state index contributed by atoms with van der Waals surface area (Å²) in [5, 5.41) is 0. The number of rotatable bonds is 6. The fraction of sp³-hybridized carbons (Fsp3) is 1.00. The molecule has 1 unspecified atom stereocenters. The molecule has 3 heteroatoms. The second kappa shape index (κ2) is 4.82. The monoisotopic (exact) mass is 280 g/mol. The molecule has 1 fully saturated rings. The van der Waals surface area contributed by atoms with Gasteiger partial charge in [0.15, 0.2) is 0 Å². The van der Waals surface area contributed by atoms with E-state index in [0.29, 0.717) is 6.10 Å². The summed E-state index contributed by atoms with van der Waals surface area (Å²) in [5.41, 5.74) is 0. The van der Waals surface area contributed by atoms with E-state index in [-0.39, 0.29) is 0 Å². The van der Waals surface area contributed by atoms with Crippen molar-refractivity contribution in [2.75, 3.05) is 19.8 Å². The molecule has 0 saturated carbocycles. The van der Waals surface area contributed by atoms with Gasteiger partial charge in [-0.15, -0.1) is 0 Å². The number of hydrogen-bond acceptors (Lipinski definition) is 2. The Bertz CT molecular complexity index is 127. The van der Waals surface area contributed by atoms with Crippen molar-refractivity contribution in [2.45, 2.75) is 31.8 Å². The van der Waals surface area contributed by atoms with Crippen LogP contribution >= 0.6 is 0 Å². The fourth-order valence-electron chi connectivity index (χ4n) is 1.08. The summed E-state index contributed by atoms with van der Waals surface area (Å²) in [6.45, 7) is 2.67. The normalized spacial score (nSPS) is 22.8. The van der Waals surface area contributed by atoms with Gasteiger partial charge in [-0.2, -0.15) is 0 Å². The van der Waals surface area contributed by atoms with Crippen molar-refractivity contribution < 1.29 is 9.47 Å². The first-order valence-corrected chi connectivity index (χ1v) is 15.4. The van der Waals surface area contributed by atoms with Crippen LogP contribution in [0.4, 0.5) is 0 Å². The van der Waals surface area contributed by atoms with Crippen molar-refractivity contribution in [3.8, 4) is 0 Å². The molecule has 1 rings (SSSR count). The Labute approximate surface area is 79.5 Å². The predicted molar refractivity (Wildman–Crippen MR) is 53.3 cm³/mol. The molecular weight excluding hydrogens is 259 g/mol. The summed E-state index contributed by atoms with van der Waals surface area (Å²) in [7, 11) is 0. The molecule has 1 aliphatic rings. The van der Waals surface area contributed by atoms with Crippen molar-refractivity contribution in [1.29, 1.82) is 0 Å². The molecule has 0 amide bonds. The van der Waals surface area contributed by atoms with E-state index in [0.717, 1.165) is 19.8 Å². The zero-order chi connectivity index (χ0) is 9.03. The summed E-state index contributed by atoms with van der Waals surface area (Å²) in [5.74, 6) is 0. The third-order valence-corrected chi connectivity index (χ3v) is 7.21. The first kappa shape index (κ1) is 10.8. The summed E-state index contributed by atoms with van der Waals surface area (Å²) in [4.78, 5) is 7.41. The van der Waals surface area contributed by atoms with Crippen LogP contribution in [0.2, 0.25) is 19.3 Å². The van der Waals surface area contributed by atoms with Crippen LogP contribution in [0, 0.1) is 0 Å². The van der Waals surface area contributed by atoms with Gasteiger partial charge >= 0.3 is 79.5 Å². The van der Waals surface area contributed by atoms with Gasteiger partial charge in [-0.1, -0.05) is 0 Å². The van der Waals surface area contributed by atoms with Gasteiger partial charge in [0.1, 0.15) is 0 Å². The Balaban J connectivity index is 1.82. The Kier molecular flexibility index (Phi) is 4.33. The maximum atomic E-state index is 5.46. The van der Waals surface area contributed by atoms with Crippen molar-refractivity contribution in [2.24, 2.45) is 0 Å². The number of ether oxygens (including phenoxy) is 2. The first-order valence-electron chi connectivity index (χ1n) is 4.77. The van der Waals surface area contributed by atoms with E-state index >= 15 is 0 Å². The van der Waals surface area contributed by atoms with Gasteiger partial charge in [-0.25, -0.2) is 0 Å². The maximum absolute atomic E-state index is 5.46. The molecule has 0 aliphatic carbocycles. The quantitative estimate of drug-likeness (QED) is 0.422. The third kappa shape index (κ3) is 6.26. The molecule has 1 aliphatic heterocycles. The van der Waals surface area contributed by atoms with E-state index in [4.69, 9.17) is 9.47 Å². The molecule has 0 aromatic rings. The van der Waals surface area contributed by atoms with Crippen molar-refractivity contribution in [1.82, 2.24) is 0 Å². The average Bonchev–Trinajstić information content (AvgIpc) is 2.68. The van der Waals surface area contributed by atoms with Gasteiger partial charge in [-0.05, 0) is 0 Å². The standard InChI is InChI=1S/C6H11O2.3CH3.Sn/c1-2-3-7-4-6-5-8-6;;;;/h6H,1-5H2;3*1H3;. The van der Waals surface area contributed by atoms with E-state index in [9.17, 15) is 0 Å². The van der Waals surface area contributed by atoms with Crippen LogP contribution in [0.5, 0.6) is 0 Å². The van der Waals surface area contributed by atoms with Crippen molar-refractivity contribution in [3.05, 3.63) is 0 Å². The summed E-state index contributed by atoms with van der Waals surface area (Å²) < 4.78 is 12.0. The molecule has 1 atom stereocenters. The molecule has 1 heterocycles. The van der Waals surface area contributed by atoms with Crippen LogP contribution in [0.3, 0.4) is 0 Å². The Morgan fingerprint density at radius 1 is 1.42 bits per heavy atom. The summed E-state index contributed by atoms with van der Waals surface area (Å²) >= 11 is -1.48. The molecule has 0 aromatic heterocycles. The minimum atomic E-state index is -1.48. The van der Waals surface area contributed by atoms with Gasteiger partial charge < -0.3 is 0 Å². The molecule has 12 heavy (non-hydrogen) atoms. The molecule has 0 bridgehead atoms. The van der Waals surface area contributed by atoms with Crippen molar-refractivity contribution in [3.63, 3.8) is 0 Å². The van der Waals surface area contributed by atoms with E-state index in [1.807, 2.05) is 0 Å². The molecule has 0 radical (unpaired) electrons. The Morgan fingerprint density at radius 2 is 2.08 bits per heavy atom. The molecular formula is C9H20O2Sn. The topological polar surface area (TPSA) is 21.8 Å². The van der Waals surface area contributed by atoms with Crippen LogP contribution in [0.15, 0.2) is 0 Å². The molecule has 1 saturated heterocycles. The first-order chi connectivity index (χ1) is 5.58. The van der Waals surface area contributed by atoms with E-state index in [2.05, 4.69) is 14.8 Å². The van der Waals surface area contributed by atoms with Crippen molar-refractivity contribution >= 4 is 18.4 Å². The Morgan fingerprint density at radius 3 is 2.58 bits per heavy atom. The summed E-state index contributed by atoms with van der Waals surface area (Å²) in [6.07, 6.45) is 1.69. The van der Waals surface area contributed by atoms with Crippen LogP contribution < -0.4 is 0 Å². The SMILES string of the molecule is [CH3][Sn]([CH3])([CH3])[CH2]CCOCC1CO1. The van der Waals surface area contributed by atoms with Gasteiger partial charge in [0, 0.05) is 0 Å². The minimum absolute atomic E-state index is 0.433. The molecule has 0 N–H and O–H groups in total. The molecule has 72 valence electrons. The van der Waals surface area contributed by atoms with Gasteiger partial charge in [-0.3, -0.25) is 0 Å². The zero-order valence-corrected chi connectivity index (χ0v) is 11.3. The predicted octanol–water partition coefficient (Wildman–Crippen LogP) is 2.13. The van der Waals surface area contributed by atoms with Crippen LogP contribution in [0.1, 0.15) is 6.42 Å². The molecule has 0 spiro atoms. The number of epoxide rings is 1. The fourth-order valence-corrected chi connectivity index (χ4v) is 4.52. The molecule has 2 nitrogen and oxygen atoms in total. The zero-order valence-electron chi connectivity index (χ0n) is 8.43. The van der Waals surface area contributed by atoms with Crippen LogP contribution in [-0.2, 0) is 9.47 Å². The van der Waals surface area contributed by atoms with Gasteiger partial charge in [0.05, 0.1) is 0 Å². The summed E-state index contributed by atoms with van der Waals surface area (Å²) in [6, 6.07) is 0. The average molecular weight is 279 g/mol. The van der Waals surface area contributed by atoms with Crippen LogP contribution in [-0.4, -0.2) is 44.3 Å². The van der Waals surface area contributed by atoms with Gasteiger partial charge in [0.2, 0.25) is 0 Å². The number of hydrogen-bond donors (Lipinski definition) is 0. The van der Waals surface area contributed by atoms with E-state index in [1.54, 1.807) is 0 Å². The van der Waals surface area contributed by atoms with Gasteiger partial charge in [0.25, 0.3) is 0 Å². The van der Waals surface area contributed by atoms with E-state index < -0.39 is 18.4 Å². The second-order valence-corrected chi connectivity index (χ2v) is 20.7. The second-order valence-electron chi connectivity index (χ2n) is 4.69. The van der Waals surface area contributed by atoms with Crippen LogP contribution in [0.25, 0.3) is 0 Å². The third-order valence-electron chi connectivity index (χ3n) is 1.92.